The third-order valence-corrected chi connectivity index (χ3v) is 5.64. The first kappa shape index (κ1) is 26.5. The first-order chi connectivity index (χ1) is 17.2. The number of furan rings is 1. The molecule has 1 aromatic carbocycles. The van der Waals surface area contributed by atoms with Crippen LogP contribution in [0.1, 0.15) is 61.0 Å². The molecule has 2 heterocycles. The number of nitrogens with one attached hydrogen (secondary N) is 1. The molecule has 0 bridgehead atoms. The highest BCUT2D eigenvalue weighted by Gasteiger charge is 2.24. The van der Waals surface area contributed by atoms with Crippen molar-refractivity contribution in [1.29, 1.82) is 0 Å². The van der Waals surface area contributed by atoms with E-state index in [9.17, 15) is 14.4 Å². The Morgan fingerprint density at radius 3 is 2.42 bits per heavy atom. The number of aromatic nitrogens is 2. The zero-order valence-corrected chi connectivity index (χ0v) is 20.6. The SMILES string of the molecule is CCOC(=O)CC[C@H](NC(=O)c1ccc(C(C)Cc2coc3nc(N)nc(N)c23)cc1)C(=O)OCC. The summed E-state index contributed by atoms with van der Waals surface area (Å²) in [6.07, 6.45) is 2.27. The molecule has 2 atom stereocenters. The molecule has 3 aromatic rings. The van der Waals surface area contributed by atoms with Gasteiger partial charge < -0.3 is 30.7 Å². The molecule has 1 unspecified atom stereocenters. The van der Waals surface area contributed by atoms with E-state index in [2.05, 4.69) is 15.3 Å². The number of carbonyl (C=O) groups is 3. The maximum Gasteiger partial charge on any atom is 0.328 e. The van der Waals surface area contributed by atoms with Gasteiger partial charge in [-0.15, -0.1) is 0 Å². The van der Waals surface area contributed by atoms with Gasteiger partial charge in [0, 0.05) is 17.5 Å². The number of amides is 1. The van der Waals surface area contributed by atoms with Crippen LogP contribution in [0.15, 0.2) is 34.9 Å². The number of benzene rings is 1. The summed E-state index contributed by atoms with van der Waals surface area (Å²) in [4.78, 5) is 44.9. The molecule has 0 spiro atoms. The smallest absolute Gasteiger partial charge is 0.328 e. The summed E-state index contributed by atoms with van der Waals surface area (Å²) < 4.78 is 15.4. The van der Waals surface area contributed by atoms with Crippen molar-refractivity contribution in [1.82, 2.24) is 15.3 Å². The van der Waals surface area contributed by atoms with Crippen LogP contribution < -0.4 is 16.8 Å². The molecule has 0 aliphatic carbocycles. The summed E-state index contributed by atoms with van der Waals surface area (Å²) in [5.41, 5.74) is 14.2. The van der Waals surface area contributed by atoms with Gasteiger partial charge in [0.2, 0.25) is 11.7 Å². The largest absolute Gasteiger partial charge is 0.466 e. The molecule has 36 heavy (non-hydrogen) atoms. The Morgan fingerprint density at radius 2 is 1.75 bits per heavy atom. The minimum absolute atomic E-state index is 0.0150. The summed E-state index contributed by atoms with van der Waals surface area (Å²) in [7, 11) is 0. The Morgan fingerprint density at radius 1 is 1.06 bits per heavy atom. The summed E-state index contributed by atoms with van der Waals surface area (Å²) in [6.45, 7) is 5.81. The number of nitrogens with two attached hydrogens (primary N) is 2. The van der Waals surface area contributed by atoms with Gasteiger partial charge >= 0.3 is 11.9 Å². The normalized spacial score (nSPS) is 12.6. The van der Waals surface area contributed by atoms with Gasteiger partial charge in [-0.1, -0.05) is 19.1 Å². The predicted octanol–water partition coefficient (Wildman–Crippen LogP) is 2.74. The van der Waals surface area contributed by atoms with Crippen molar-refractivity contribution >= 4 is 40.7 Å². The van der Waals surface area contributed by atoms with Crippen molar-refractivity contribution in [2.24, 2.45) is 0 Å². The number of ether oxygens (including phenoxy) is 2. The van der Waals surface area contributed by atoms with E-state index in [4.69, 9.17) is 25.4 Å². The standard InChI is InChI=1S/C25H31N5O6/c1-4-34-19(31)11-10-18(24(33)35-5-2)28-22(32)16-8-6-15(7-9-16)14(3)12-17-13-36-23-20(17)21(26)29-25(27)30-23/h6-9,13-14,18H,4-5,10-12H2,1-3H3,(H,28,32)(H4,26,27,29,30)/t14?,18-/m0/s1. The third kappa shape index (κ3) is 6.49. The van der Waals surface area contributed by atoms with Crippen molar-refractivity contribution in [3.8, 4) is 0 Å². The Hall–Kier alpha value is -4.15. The maximum atomic E-state index is 12.8. The lowest BCUT2D eigenvalue weighted by atomic mass is 9.93. The number of hydrogen-bond acceptors (Lipinski definition) is 10. The highest BCUT2D eigenvalue weighted by atomic mass is 16.5. The first-order valence-corrected chi connectivity index (χ1v) is 11.8. The molecule has 0 fully saturated rings. The molecule has 1 amide bonds. The number of fused-ring (bicyclic) bond motifs is 1. The maximum absolute atomic E-state index is 12.8. The quantitative estimate of drug-likeness (QED) is 0.334. The molecule has 0 aliphatic heterocycles. The van der Waals surface area contributed by atoms with Gasteiger partial charge in [-0.2, -0.15) is 9.97 Å². The Kier molecular flexibility index (Phi) is 8.82. The van der Waals surface area contributed by atoms with Crippen LogP contribution in [0.25, 0.3) is 11.1 Å². The van der Waals surface area contributed by atoms with Crippen molar-refractivity contribution < 1.29 is 28.3 Å². The van der Waals surface area contributed by atoms with Crippen molar-refractivity contribution in [3.05, 3.63) is 47.2 Å². The lowest BCUT2D eigenvalue weighted by molar-refractivity contribution is -0.146. The van der Waals surface area contributed by atoms with Crippen LogP contribution in [0.4, 0.5) is 11.8 Å². The van der Waals surface area contributed by atoms with E-state index >= 15 is 0 Å². The zero-order valence-electron chi connectivity index (χ0n) is 20.6. The molecule has 5 N–H and O–H groups in total. The molecule has 192 valence electrons. The number of nitrogen functional groups attached to an aromatic ring is 2. The predicted molar refractivity (Wildman–Crippen MR) is 133 cm³/mol. The summed E-state index contributed by atoms with van der Waals surface area (Å²) in [6, 6.07) is 6.09. The average molecular weight is 498 g/mol. The van der Waals surface area contributed by atoms with Crippen LogP contribution >= 0.6 is 0 Å². The molecule has 3 rings (SSSR count). The molecule has 0 radical (unpaired) electrons. The average Bonchev–Trinajstić information content (AvgIpc) is 3.24. The molecule has 11 heteroatoms. The van der Waals surface area contributed by atoms with Gasteiger partial charge in [0.1, 0.15) is 11.9 Å². The minimum atomic E-state index is -0.962. The second-order valence-electron chi connectivity index (χ2n) is 8.26. The highest BCUT2D eigenvalue weighted by molar-refractivity contribution is 5.97. The number of nitrogens with zero attached hydrogens (tertiary/aromatic N) is 2. The summed E-state index contributed by atoms with van der Waals surface area (Å²) >= 11 is 0. The van der Waals surface area contributed by atoms with Crippen LogP contribution in [0, 0.1) is 0 Å². The van der Waals surface area contributed by atoms with Crippen LogP contribution in [0.5, 0.6) is 0 Å². The van der Waals surface area contributed by atoms with E-state index in [1.165, 1.54) is 0 Å². The monoisotopic (exact) mass is 497 g/mol. The van der Waals surface area contributed by atoms with Gasteiger partial charge in [-0.25, -0.2) is 4.79 Å². The van der Waals surface area contributed by atoms with Crippen LogP contribution in [-0.2, 0) is 25.5 Å². The van der Waals surface area contributed by atoms with Crippen molar-refractivity contribution in [3.63, 3.8) is 0 Å². The zero-order chi connectivity index (χ0) is 26.2. The van der Waals surface area contributed by atoms with Crippen LogP contribution in [0.3, 0.4) is 0 Å². The van der Waals surface area contributed by atoms with E-state index < -0.39 is 23.9 Å². The molecular weight excluding hydrogens is 466 g/mol. The van der Waals surface area contributed by atoms with E-state index in [-0.39, 0.29) is 43.7 Å². The van der Waals surface area contributed by atoms with Gasteiger partial charge in [0.15, 0.2) is 0 Å². The minimum Gasteiger partial charge on any atom is -0.466 e. The fourth-order valence-electron chi connectivity index (χ4n) is 3.84. The number of hydrogen-bond donors (Lipinski definition) is 3. The van der Waals surface area contributed by atoms with Crippen LogP contribution in [0.2, 0.25) is 0 Å². The second-order valence-corrected chi connectivity index (χ2v) is 8.26. The van der Waals surface area contributed by atoms with Crippen LogP contribution in [-0.4, -0.2) is 47.1 Å². The van der Waals surface area contributed by atoms with E-state index in [0.717, 1.165) is 11.1 Å². The third-order valence-electron chi connectivity index (χ3n) is 5.64. The molecule has 0 aliphatic rings. The summed E-state index contributed by atoms with van der Waals surface area (Å²) in [5.74, 6) is -1.11. The fourth-order valence-corrected chi connectivity index (χ4v) is 3.84. The molecule has 11 nitrogen and oxygen atoms in total. The Labute approximate surface area is 208 Å². The molecule has 0 saturated heterocycles. The highest BCUT2D eigenvalue weighted by Crippen LogP contribution is 2.30. The number of anilines is 2. The Balaban J connectivity index is 1.67. The summed E-state index contributed by atoms with van der Waals surface area (Å²) in [5, 5.41) is 3.30. The van der Waals surface area contributed by atoms with Gasteiger partial charge in [-0.05, 0) is 50.3 Å². The van der Waals surface area contributed by atoms with Gasteiger partial charge in [0.05, 0.1) is 24.9 Å². The molecule has 0 saturated carbocycles. The number of carbonyl (C=O) groups excluding carboxylic acids is 3. The van der Waals surface area contributed by atoms with E-state index in [1.807, 2.05) is 19.1 Å². The fraction of sp³-hybridized carbons (Fsp3) is 0.400. The number of esters is 2. The van der Waals surface area contributed by atoms with E-state index in [1.54, 1.807) is 32.2 Å². The van der Waals surface area contributed by atoms with Crippen molar-refractivity contribution in [2.75, 3.05) is 24.7 Å². The molecule has 2 aromatic heterocycles. The lowest BCUT2D eigenvalue weighted by Gasteiger charge is -2.17. The van der Waals surface area contributed by atoms with Gasteiger partial charge in [0.25, 0.3) is 5.91 Å². The lowest BCUT2D eigenvalue weighted by Crippen LogP contribution is -2.42. The first-order valence-electron chi connectivity index (χ1n) is 11.8. The number of rotatable bonds is 11. The second kappa shape index (κ2) is 12.0. The van der Waals surface area contributed by atoms with Crippen molar-refractivity contribution in [2.45, 2.75) is 52.0 Å². The van der Waals surface area contributed by atoms with Gasteiger partial charge in [-0.3, -0.25) is 9.59 Å². The van der Waals surface area contributed by atoms with E-state index in [0.29, 0.717) is 23.1 Å². The topological polar surface area (TPSA) is 173 Å². The Bertz CT molecular complexity index is 1220. The molecular formula is C25H31N5O6.